The Bertz CT molecular complexity index is 416. The fourth-order valence-electron chi connectivity index (χ4n) is 2.22. The molecule has 1 aromatic carbocycles. The minimum absolute atomic E-state index is 0.0206. The number of nitrogens with one attached hydrogen (secondary N) is 1. The normalized spacial score (nSPS) is 17.6. The Morgan fingerprint density at radius 2 is 2.06 bits per heavy atom. The standard InChI is InChI=1S/C14H20N2OS/c1-10(18-11-6-2-3-7-11)14(17)16-13-9-5-4-8-12(13)15/h4-5,8-11H,2-3,6-7,15H2,1H3,(H,16,17). The summed E-state index contributed by atoms with van der Waals surface area (Å²) in [5, 5.41) is 3.53. The molecule has 0 saturated heterocycles. The van der Waals surface area contributed by atoms with Gasteiger partial charge in [0.25, 0.3) is 0 Å². The van der Waals surface area contributed by atoms with E-state index in [1.54, 1.807) is 17.8 Å². The molecule has 4 heteroatoms. The molecule has 1 aliphatic carbocycles. The molecule has 1 amide bonds. The maximum Gasteiger partial charge on any atom is 0.237 e. The van der Waals surface area contributed by atoms with E-state index in [4.69, 9.17) is 5.73 Å². The highest BCUT2D eigenvalue weighted by Gasteiger charge is 2.22. The number of hydrogen-bond acceptors (Lipinski definition) is 3. The molecular formula is C14H20N2OS. The number of anilines is 2. The van der Waals surface area contributed by atoms with E-state index in [1.807, 2.05) is 25.1 Å². The topological polar surface area (TPSA) is 55.1 Å². The fourth-order valence-corrected chi connectivity index (χ4v) is 3.59. The van der Waals surface area contributed by atoms with Gasteiger partial charge in [0.1, 0.15) is 0 Å². The van der Waals surface area contributed by atoms with Crippen molar-refractivity contribution in [3.05, 3.63) is 24.3 Å². The number of amides is 1. The lowest BCUT2D eigenvalue weighted by molar-refractivity contribution is -0.115. The predicted molar refractivity (Wildman–Crippen MR) is 78.8 cm³/mol. The number of rotatable bonds is 4. The predicted octanol–water partition coefficient (Wildman–Crippen LogP) is 3.27. The van der Waals surface area contributed by atoms with Crippen molar-refractivity contribution in [3.63, 3.8) is 0 Å². The second-order valence-electron chi connectivity index (χ2n) is 4.76. The van der Waals surface area contributed by atoms with Crippen molar-refractivity contribution in [2.45, 2.75) is 43.1 Å². The van der Waals surface area contributed by atoms with Crippen LogP contribution in [0.1, 0.15) is 32.6 Å². The lowest BCUT2D eigenvalue weighted by atomic mass is 10.2. The van der Waals surface area contributed by atoms with Crippen LogP contribution in [0.5, 0.6) is 0 Å². The smallest absolute Gasteiger partial charge is 0.237 e. The van der Waals surface area contributed by atoms with Crippen LogP contribution in [0.25, 0.3) is 0 Å². The van der Waals surface area contributed by atoms with Crippen molar-refractivity contribution in [2.75, 3.05) is 11.1 Å². The first kappa shape index (κ1) is 13.3. The van der Waals surface area contributed by atoms with Crippen LogP contribution in [0.15, 0.2) is 24.3 Å². The van der Waals surface area contributed by atoms with Crippen molar-refractivity contribution in [3.8, 4) is 0 Å². The second kappa shape index (κ2) is 6.14. The van der Waals surface area contributed by atoms with Crippen LogP contribution in [0.3, 0.4) is 0 Å². The molecular weight excluding hydrogens is 244 g/mol. The van der Waals surface area contributed by atoms with E-state index in [2.05, 4.69) is 5.32 Å². The van der Waals surface area contributed by atoms with Gasteiger partial charge >= 0.3 is 0 Å². The molecule has 1 aromatic rings. The summed E-state index contributed by atoms with van der Waals surface area (Å²) in [5.41, 5.74) is 7.14. The van der Waals surface area contributed by atoms with Crippen molar-refractivity contribution in [1.82, 2.24) is 0 Å². The van der Waals surface area contributed by atoms with Crippen LogP contribution in [0.4, 0.5) is 11.4 Å². The fraction of sp³-hybridized carbons (Fsp3) is 0.500. The van der Waals surface area contributed by atoms with Crippen LogP contribution >= 0.6 is 11.8 Å². The highest BCUT2D eigenvalue weighted by molar-refractivity contribution is 8.01. The third kappa shape index (κ3) is 3.42. The molecule has 0 heterocycles. The van der Waals surface area contributed by atoms with Gasteiger partial charge in [0, 0.05) is 5.25 Å². The van der Waals surface area contributed by atoms with Crippen LogP contribution in [-0.2, 0) is 4.79 Å². The van der Waals surface area contributed by atoms with Crippen molar-refractivity contribution in [2.24, 2.45) is 0 Å². The zero-order valence-corrected chi connectivity index (χ0v) is 11.5. The summed E-state index contributed by atoms with van der Waals surface area (Å²) in [6, 6.07) is 7.37. The minimum Gasteiger partial charge on any atom is -0.397 e. The first-order valence-electron chi connectivity index (χ1n) is 6.47. The van der Waals surface area contributed by atoms with Gasteiger partial charge in [-0.25, -0.2) is 0 Å². The quantitative estimate of drug-likeness (QED) is 0.821. The average molecular weight is 264 g/mol. The molecule has 1 saturated carbocycles. The van der Waals surface area contributed by atoms with Gasteiger partial charge in [-0.1, -0.05) is 25.0 Å². The molecule has 3 nitrogen and oxygen atoms in total. The van der Waals surface area contributed by atoms with Gasteiger partial charge in [-0.3, -0.25) is 4.79 Å². The number of carbonyl (C=O) groups excluding carboxylic acids is 1. The van der Waals surface area contributed by atoms with E-state index in [0.29, 0.717) is 16.6 Å². The highest BCUT2D eigenvalue weighted by Crippen LogP contribution is 2.32. The third-order valence-electron chi connectivity index (χ3n) is 3.29. The molecule has 1 unspecified atom stereocenters. The Morgan fingerprint density at radius 3 is 2.72 bits per heavy atom. The van der Waals surface area contributed by atoms with Gasteiger partial charge in [-0.05, 0) is 31.9 Å². The maximum absolute atomic E-state index is 12.1. The molecule has 1 aliphatic rings. The van der Waals surface area contributed by atoms with Gasteiger partial charge in [0.15, 0.2) is 0 Å². The number of benzene rings is 1. The van der Waals surface area contributed by atoms with Gasteiger partial charge < -0.3 is 11.1 Å². The van der Waals surface area contributed by atoms with Gasteiger partial charge in [-0.15, -0.1) is 11.8 Å². The van der Waals surface area contributed by atoms with E-state index >= 15 is 0 Å². The number of thioether (sulfide) groups is 1. The Hall–Kier alpha value is -1.16. The maximum atomic E-state index is 12.1. The van der Waals surface area contributed by atoms with Crippen LogP contribution in [0, 0.1) is 0 Å². The summed E-state index contributed by atoms with van der Waals surface area (Å²) in [4.78, 5) is 12.1. The van der Waals surface area contributed by atoms with E-state index in [0.717, 1.165) is 0 Å². The van der Waals surface area contributed by atoms with E-state index in [-0.39, 0.29) is 11.2 Å². The second-order valence-corrected chi connectivity index (χ2v) is 6.41. The zero-order chi connectivity index (χ0) is 13.0. The molecule has 0 aliphatic heterocycles. The molecule has 18 heavy (non-hydrogen) atoms. The van der Waals surface area contributed by atoms with Gasteiger partial charge in [0.2, 0.25) is 5.91 Å². The number of carbonyl (C=O) groups is 1. The summed E-state index contributed by atoms with van der Waals surface area (Å²) in [5.74, 6) is 0.0461. The zero-order valence-electron chi connectivity index (χ0n) is 10.7. The molecule has 1 fully saturated rings. The monoisotopic (exact) mass is 264 g/mol. The lowest BCUT2D eigenvalue weighted by Crippen LogP contribution is -2.24. The Labute approximate surface area is 113 Å². The molecule has 0 spiro atoms. The summed E-state index contributed by atoms with van der Waals surface area (Å²) >= 11 is 1.79. The SMILES string of the molecule is CC(SC1CCCC1)C(=O)Nc1ccccc1N. The molecule has 0 bridgehead atoms. The molecule has 0 radical (unpaired) electrons. The third-order valence-corrected chi connectivity index (χ3v) is 4.77. The van der Waals surface area contributed by atoms with Crippen molar-refractivity contribution >= 4 is 29.0 Å². The van der Waals surface area contributed by atoms with E-state index in [9.17, 15) is 4.79 Å². The number of para-hydroxylation sites is 2. The van der Waals surface area contributed by atoms with E-state index < -0.39 is 0 Å². The first-order valence-corrected chi connectivity index (χ1v) is 7.42. The number of nitrogen functional groups attached to an aromatic ring is 1. The minimum atomic E-state index is -0.0206. The van der Waals surface area contributed by atoms with E-state index in [1.165, 1.54) is 25.7 Å². The van der Waals surface area contributed by atoms with Gasteiger partial charge in [-0.2, -0.15) is 0 Å². The molecule has 0 aromatic heterocycles. The first-order chi connectivity index (χ1) is 8.66. The molecule has 3 N–H and O–H groups in total. The molecule has 2 rings (SSSR count). The number of hydrogen-bond donors (Lipinski definition) is 2. The van der Waals surface area contributed by atoms with Crippen molar-refractivity contribution in [1.29, 1.82) is 0 Å². The lowest BCUT2D eigenvalue weighted by Gasteiger charge is -2.16. The molecule has 98 valence electrons. The highest BCUT2D eigenvalue weighted by atomic mass is 32.2. The van der Waals surface area contributed by atoms with Crippen LogP contribution in [0.2, 0.25) is 0 Å². The Balaban J connectivity index is 1.89. The Kier molecular flexibility index (Phi) is 4.53. The number of nitrogens with two attached hydrogens (primary N) is 1. The van der Waals surface area contributed by atoms with Gasteiger partial charge in [0.05, 0.1) is 16.6 Å². The summed E-state index contributed by atoms with van der Waals surface area (Å²) in [6.07, 6.45) is 5.10. The van der Waals surface area contributed by atoms with Crippen LogP contribution < -0.4 is 11.1 Å². The summed E-state index contributed by atoms with van der Waals surface area (Å²) in [7, 11) is 0. The Morgan fingerprint density at radius 1 is 1.39 bits per heavy atom. The summed E-state index contributed by atoms with van der Waals surface area (Å²) in [6.45, 7) is 1.97. The van der Waals surface area contributed by atoms with Crippen molar-refractivity contribution < 1.29 is 4.79 Å². The average Bonchev–Trinajstić information content (AvgIpc) is 2.84. The largest absolute Gasteiger partial charge is 0.397 e. The van der Waals surface area contributed by atoms with Crippen LogP contribution in [-0.4, -0.2) is 16.4 Å². The molecule has 1 atom stereocenters. The summed E-state index contributed by atoms with van der Waals surface area (Å²) < 4.78 is 0.